The SMILES string of the molecule is CC1=C(C(=O)Nc2ccccc2C)C(c2ccc(C)o2)n2ncnc2N1. The predicted molar refractivity (Wildman–Crippen MR) is 97.7 cm³/mol. The molecule has 1 amide bonds. The van der Waals surface area contributed by atoms with Gasteiger partial charge in [0.1, 0.15) is 23.9 Å². The topological polar surface area (TPSA) is 85.0 Å². The summed E-state index contributed by atoms with van der Waals surface area (Å²) in [4.78, 5) is 17.4. The number of furan rings is 1. The summed E-state index contributed by atoms with van der Waals surface area (Å²) >= 11 is 0. The Morgan fingerprint density at radius 3 is 2.73 bits per heavy atom. The third kappa shape index (κ3) is 2.67. The van der Waals surface area contributed by atoms with Crippen LogP contribution in [0.3, 0.4) is 0 Å². The van der Waals surface area contributed by atoms with Crippen molar-refractivity contribution in [2.75, 3.05) is 10.6 Å². The Morgan fingerprint density at radius 2 is 2.00 bits per heavy atom. The second-order valence-electron chi connectivity index (χ2n) is 6.31. The van der Waals surface area contributed by atoms with E-state index in [2.05, 4.69) is 20.7 Å². The van der Waals surface area contributed by atoms with E-state index in [1.807, 2.05) is 57.2 Å². The van der Waals surface area contributed by atoms with Crippen LogP contribution in [0.15, 0.2) is 58.4 Å². The Kier molecular flexibility index (Phi) is 3.84. The van der Waals surface area contributed by atoms with Gasteiger partial charge in [-0.1, -0.05) is 18.2 Å². The van der Waals surface area contributed by atoms with Crippen molar-refractivity contribution in [1.82, 2.24) is 14.8 Å². The number of aromatic nitrogens is 3. The molecule has 1 aliphatic heterocycles. The van der Waals surface area contributed by atoms with E-state index in [1.165, 1.54) is 6.33 Å². The molecule has 3 aromatic rings. The van der Waals surface area contributed by atoms with Gasteiger partial charge in [-0.05, 0) is 44.5 Å². The van der Waals surface area contributed by atoms with Crippen molar-refractivity contribution < 1.29 is 9.21 Å². The number of allylic oxidation sites excluding steroid dienone is 1. The average Bonchev–Trinajstić information content (AvgIpc) is 3.24. The Balaban J connectivity index is 1.77. The molecular formula is C19H19N5O2. The lowest BCUT2D eigenvalue weighted by atomic mass is 10.00. The molecule has 4 rings (SSSR count). The number of para-hydroxylation sites is 1. The van der Waals surface area contributed by atoms with Crippen molar-refractivity contribution >= 4 is 17.5 Å². The van der Waals surface area contributed by atoms with Crippen LogP contribution < -0.4 is 10.6 Å². The molecule has 0 radical (unpaired) electrons. The fraction of sp³-hybridized carbons (Fsp3) is 0.211. The fourth-order valence-electron chi connectivity index (χ4n) is 3.15. The van der Waals surface area contributed by atoms with Crippen LogP contribution >= 0.6 is 0 Å². The number of carbonyl (C=O) groups excluding carboxylic acids is 1. The van der Waals surface area contributed by atoms with Gasteiger partial charge in [0.05, 0.1) is 5.57 Å². The summed E-state index contributed by atoms with van der Waals surface area (Å²) in [5, 5.41) is 10.4. The number of anilines is 2. The third-order valence-electron chi connectivity index (χ3n) is 4.46. The zero-order valence-corrected chi connectivity index (χ0v) is 14.8. The molecule has 2 aromatic heterocycles. The monoisotopic (exact) mass is 349 g/mol. The summed E-state index contributed by atoms with van der Waals surface area (Å²) in [5.41, 5.74) is 3.03. The summed E-state index contributed by atoms with van der Waals surface area (Å²) in [6.07, 6.45) is 1.46. The highest BCUT2D eigenvalue weighted by Crippen LogP contribution is 2.36. The molecule has 132 valence electrons. The van der Waals surface area contributed by atoms with E-state index in [9.17, 15) is 4.79 Å². The van der Waals surface area contributed by atoms with Gasteiger partial charge in [-0.2, -0.15) is 10.1 Å². The normalized spacial score (nSPS) is 16.2. The number of benzene rings is 1. The van der Waals surface area contributed by atoms with E-state index in [-0.39, 0.29) is 5.91 Å². The van der Waals surface area contributed by atoms with Gasteiger partial charge in [0.25, 0.3) is 5.91 Å². The van der Waals surface area contributed by atoms with Gasteiger partial charge in [-0.25, -0.2) is 4.68 Å². The second-order valence-corrected chi connectivity index (χ2v) is 6.31. The Bertz CT molecular complexity index is 1010. The lowest BCUT2D eigenvalue weighted by Gasteiger charge is -2.27. The van der Waals surface area contributed by atoms with Crippen molar-refractivity contribution in [2.45, 2.75) is 26.8 Å². The Labute approximate surface area is 150 Å². The maximum absolute atomic E-state index is 13.1. The molecule has 0 aliphatic carbocycles. The van der Waals surface area contributed by atoms with Crippen molar-refractivity contribution in [3.8, 4) is 0 Å². The van der Waals surface area contributed by atoms with Crippen LogP contribution in [0.5, 0.6) is 0 Å². The van der Waals surface area contributed by atoms with Crippen molar-refractivity contribution in [3.63, 3.8) is 0 Å². The van der Waals surface area contributed by atoms with Crippen LogP contribution in [0.25, 0.3) is 0 Å². The molecule has 0 saturated heterocycles. The molecular weight excluding hydrogens is 330 g/mol. The lowest BCUT2D eigenvalue weighted by Crippen LogP contribution is -2.31. The van der Waals surface area contributed by atoms with Gasteiger partial charge in [-0.3, -0.25) is 4.79 Å². The first kappa shape index (κ1) is 16.1. The first-order valence-electron chi connectivity index (χ1n) is 8.35. The van der Waals surface area contributed by atoms with Crippen LogP contribution in [0.1, 0.15) is 30.0 Å². The predicted octanol–water partition coefficient (Wildman–Crippen LogP) is 3.42. The summed E-state index contributed by atoms with van der Waals surface area (Å²) < 4.78 is 7.49. The fourth-order valence-corrected chi connectivity index (χ4v) is 3.15. The number of nitrogens with one attached hydrogen (secondary N) is 2. The smallest absolute Gasteiger partial charge is 0.256 e. The minimum absolute atomic E-state index is 0.204. The van der Waals surface area contributed by atoms with Gasteiger partial charge in [-0.15, -0.1) is 0 Å². The summed E-state index contributed by atoms with van der Waals surface area (Å²) in [5.74, 6) is 1.79. The summed E-state index contributed by atoms with van der Waals surface area (Å²) in [6.45, 7) is 5.68. The first-order valence-corrected chi connectivity index (χ1v) is 8.35. The molecule has 0 spiro atoms. The van der Waals surface area contributed by atoms with Gasteiger partial charge in [0.2, 0.25) is 5.95 Å². The number of amides is 1. The highest BCUT2D eigenvalue weighted by molar-refractivity contribution is 6.06. The second kappa shape index (κ2) is 6.18. The number of rotatable bonds is 3. The lowest BCUT2D eigenvalue weighted by molar-refractivity contribution is -0.113. The van der Waals surface area contributed by atoms with Crippen molar-refractivity contribution in [3.05, 3.63) is 71.1 Å². The van der Waals surface area contributed by atoms with E-state index >= 15 is 0 Å². The zero-order valence-electron chi connectivity index (χ0n) is 14.8. The number of aryl methyl sites for hydroxylation is 2. The highest BCUT2D eigenvalue weighted by atomic mass is 16.3. The van der Waals surface area contributed by atoms with Gasteiger partial charge >= 0.3 is 0 Å². The molecule has 0 fully saturated rings. The van der Waals surface area contributed by atoms with Crippen LogP contribution in [0.2, 0.25) is 0 Å². The Morgan fingerprint density at radius 1 is 1.19 bits per heavy atom. The van der Waals surface area contributed by atoms with E-state index in [4.69, 9.17) is 4.42 Å². The molecule has 2 N–H and O–H groups in total. The molecule has 7 nitrogen and oxygen atoms in total. The molecule has 1 unspecified atom stereocenters. The third-order valence-corrected chi connectivity index (χ3v) is 4.46. The van der Waals surface area contributed by atoms with E-state index < -0.39 is 6.04 Å². The largest absolute Gasteiger partial charge is 0.464 e. The highest BCUT2D eigenvalue weighted by Gasteiger charge is 2.35. The molecule has 7 heteroatoms. The molecule has 0 saturated carbocycles. The van der Waals surface area contributed by atoms with Crippen molar-refractivity contribution in [2.24, 2.45) is 0 Å². The summed E-state index contributed by atoms with van der Waals surface area (Å²) in [7, 11) is 0. The van der Waals surface area contributed by atoms with Crippen molar-refractivity contribution in [1.29, 1.82) is 0 Å². The quantitative estimate of drug-likeness (QED) is 0.757. The number of hydrogen-bond donors (Lipinski definition) is 2. The maximum Gasteiger partial charge on any atom is 0.256 e. The van der Waals surface area contributed by atoms with Gasteiger partial charge in [0.15, 0.2) is 0 Å². The number of nitrogens with zero attached hydrogens (tertiary/aromatic N) is 3. The average molecular weight is 349 g/mol. The maximum atomic E-state index is 13.1. The molecule has 3 heterocycles. The minimum atomic E-state index is -0.480. The van der Waals surface area contributed by atoms with Crippen LogP contribution in [0, 0.1) is 13.8 Å². The standard InChI is InChI=1S/C19H19N5O2/c1-11-6-4-5-7-14(11)23-18(25)16-13(3)22-19-20-10-21-24(19)17(16)15-9-8-12(2)26-15/h4-10,17H,1-3H3,(H,23,25)(H,20,21,22). The van der Waals surface area contributed by atoms with Gasteiger partial charge in [0, 0.05) is 11.4 Å². The van der Waals surface area contributed by atoms with Crippen LogP contribution in [0.4, 0.5) is 11.6 Å². The zero-order chi connectivity index (χ0) is 18.3. The van der Waals surface area contributed by atoms with E-state index in [0.29, 0.717) is 17.3 Å². The molecule has 0 bridgehead atoms. The molecule has 1 aliphatic rings. The minimum Gasteiger partial charge on any atom is -0.464 e. The molecule has 1 aromatic carbocycles. The van der Waals surface area contributed by atoms with E-state index in [1.54, 1.807) is 4.68 Å². The number of carbonyl (C=O) groups is 1. The number of hydrogen-bond acceptors (Lipinski definition) is 5. The summed E-state index contributed by atoms with van der Waals surface area (Å²) in [6, 6.07) is 10.9. The van der Waals surface area contributed by atoms with Gasteiger partial charge < -0.3 is 15.1 Å². The van der Waals surface area contributed by atoms with Crippen LogP contribution in [-0.2, 0) is 4.79 Å². The number of fused-ring (bicyclic) bond motifs is 1. The van der Waals surface area contributed by atoms with E-state index in [0.717, 1.165) is 22.7 Å². The van der Waals surface area contributed by atoms with Crippen LogP contribution in [-0.4, -0.2) is 20.7 Å². The Hall–Kier alpha value is -3.35. The molecule has 1 atom stereocenters. The first-order chi connectivity index (χ1) is 12.5. The molecule has 26 heavy (non-hydrogen) atoms.